The lowest BCUT2D eigenvalue weighted by molar-refractivity contribution is 0.744. The van der Waals surface area contributed by atoms with E-state index in [9.17, 15) is 0 Å². The number of pyridine rings is 1. The van der Waals surface area contributed by atoms with Gasteiger partial charge in [-0.2, -0.15) is 5.10 Å². The molecule has 0 fully saturated rings. The molecule has 0 atom stereocenters. The van der Waals surface area contributed by atoms with E-state index >= 15 is 0 Å². The molecule has 2 aromatic rings. The topological polar surface area (TPSA) is 56.7 Å². The summed E-state index contributed by atoms with van der Waals surface area (Å²) in [5.74, 6) is 0.554. The van der Waals surface area contributed by atoms with Crippen LogP contribution in [0.4, 0.5) is 5.82 Å². The summed E-state index contributed by atoms with van der Waals surface area (Å²) in [6.45, 7) is 1.99. The van der Waals surface area contributed by atoms with Crippen LogP contribution in [0.2, 0.25) is 0 Å². The van der Waals surface area contributed by atoms with Crippen LogP contribution in [-0.2, 0) is 7.05 Å². The monoisotopic (exact) mass is 188 g/mol. The Labute approximate surface area is 82.4 Å². The molecule has 0 saturated carbocycles. The third-order valence-corrected chi connectivity index (χ3v) is 2.31. The number of anilines is 1. The molecule has 0 aromatic carbocycles. The molecule has 72 valence electrons. The van der Waals surface area contributed by atoms with E-state index in [-0.39, 0.29) is 0 Å². The summed E-state index contributed by atoms with van der Waals surface area (Å²) >= 11 is 0. The van der Waals surface area contributed by atoms with Crippen molar-refractivity contribution >= 4 is 5.82 Å². The van der Waals surface area contributed by atoms with Crippen molar-refractivity contribution in [3.8, 4) is 11.1 Å². The molecule has 4 heteroatoms. The van der Waals surface area contributed by atoms with Gasteiger partial charge in [-0.15, -0.1) is 0 Å². The number of rotatable bonds is 1. The molecule has 0 spiro atoms. The predicted octanol–water partition coefficient (Wildman–Crippen LogP) is 1.37. The van der Waals surface area contributed by atoms with Crippen molar-refractivity contribution in [2.45, 2.75) is 6.92 Å². The summed E-state index contributed by atoms with van der Waals surface area (Å²) in [4.78, 5) is 4.06. The van der Waals surface area contributed by atoms with Crippen LogP contribution in [0.25, 0.3) is 11.1 Å². The summed E-state index contributed by atoms with van der Waals surface area (Å²) < 4.78 is 1.78. The van der Waals surface area contributed by atoms with Gasteiger partial charge in [-0.25, -0.2) is 0 Å². The third-order valence-electron chi connectivity index (χ3n) is 2.31. The van der Waals surface area contributed by atoms with Gasteiger partial charge in [-0.1, -0.05) is 6.07 Å². The highest BCUT2D eigenvalue weighted by Crippen LogP contribution is 2.27. The van der Waals surface area contributed by atoms with Crippen LogP contribution >= 0.6 is 0 Å². The zero-order chi connectivity index (χ0) is 10.1. The highest BCUT2D eigenvalue weighted by atomic mass is 15.3. The van der Waals surface area contributed by atoms with Gasteiger partial charge in [0.05, 0.1) is 0 Å². The van der Waals surface area contributed by atoms with Crippen molar-refractivity contribution in [3.63, 3.8) is 0 Å². The van der Waals surface area contributed by atoms with Crippen molar-refractivity contribution in [1.29, 1.82) is 0 Å². The summed E-state index contributed by atoms with van der Waals surface area (Å²) in [7, 11) is 1.88. The molecule has 2 rings (SSSR count). The maximum atomic E-state index is 5.81. The molecule has 0 aliphatic heterocycles. The van der Waals surface area contributed by atoms with Crippen LogP contribution < -0.4 is 5.73 Å². The van der Waals surface area contributed by atoms with Crippen LogP contribution in [0.1, 0.15) is 5.69 Å². The Kier molecular flexibility index (Phi) is 1.96. The molecule has 0 radical (unpaired) electrons. The zero-order valence-electron chi connectivity index (χ0n) is 8.23. The lowest BCUT2D eigenvalue weighted by Crippen LogP contribution is -1.93. The van der Waals surface area contributed by atoms with E-state index in [1.165, 1.54) is 0 Å². The Morgan fingerprint density at radius 2 is 2.21 bits per heavy atom. The third kappa shape index (κ3) is 1.25. The quantitative estimate of drug-likeness (QED) is 0.735. The molecule has 2 heterocycles. The minimum atomic E-state index is 0.554. The normalized spacial score (nSPS) is 10.4. The Hall–Kier alpha value is -1.84. The van der Waals surface area contributed by atoms with Crippen molar-refractivity contribution in [2.24, 2.45) is 7.05 Å². The van der Waals surface area contributed by atoms with Gasteiger partial charge >= 0.3 is 0 Å². The van der Waals surface area contributed by atoms with Crippen LogP contribution in [0.5, 0.6) is 0 Å². The minimum absolute atomic E-state index is 0.554. The fourth-order valence-corrected chi connectivity index (χ4v) is 1.50. The van der Waals surface area contributed by atoms with E-state index in [4.69, 9.17) is 5.73 Å². The molecule has 14 heavy (non-hydrogen) atoms. The first-order valence-corrected chi connectivity index (χ1v) is 4.39. The average Bonchev–Trinajstić information content (AvgIpc) is 2.43. The van der Waals surface area contributed by atoms with E-state index < -0.39 is 0 Å². The van der Waals surface area contributed by atoms with Crippen molar-refractivity contribution < 1.29 is 0 Å². The maximum absolute atomic E-state index is 5.81. The fraction of sp³-hybridized carbons (Fsp3) is 0.200. The fourth-order valence-electron chi connectivity index (χ4n) is 1.50. The van der Waals surface area contributed by atoms with E-state index in [0.29, 0.717) is 5.82 Å². The zero-order valence-corrected chi connectivity index (χ0v) is 8.23. The summed E-state index contributed by atoms with van der Waals surface area (Å²) in [5, 5.41) is 4.15. The second-order valence-electron chi connectivity index (χ2n) is 3.21. The van der Waals surface area contributed by atoms with Gasteiger partial charge in [-0.05, 0) is 13.0 Å². The van der Waals surface area contributed by atoms with Crippen LogP contribution in [0.3, 0.4) is 0 Å². The van der Waals surface area contributed by atoms with Crippen molar-refractivity contribution in [2.75, 3.05) is 5.73 Å². The first-order valence-electron chi connectivity index (χ1n) is 4.39. The Morgan fingerprint density at radius 3 is 2.71 bits per heavy atom. The van der Waals surface area contributed by atoms with Gasteiger partial charge in [0.1, 0.15) is 0 Å². The lowest BCUT2D eigenvalue weighted by Gasteiger charge is -2.00. The molecule has 4 nitrogen and oxygen atoms in total. The first-order chi connectivity index (χ1) is 6.70. The number of nitrogens with zero attached hydrogens (tertiary/aromatic N) is 3. The highest BCUT2D eigenvalue weighted by molar-refractivity contribution is 5.75. The number of aryl methyl sites for hydroxylation is 1. The van der Waals surface area contributed by atoms with Crippen molar-refractivity contribution in [1.82, 2.24) is 14.8 Å². The molecule has 2 N–H and O–H groups in total. The maximum Gasteiger partial charge on any atom is 0.153 e. The number of nitrogens with two attached hydrogens (primary N) is 1. The Balaban J connectivity index is 2.62. The Bertz CT molecular complexity index is 445. The molecular formula is C10H12N4. The standard InChI is InChI=1S/C10H12N4/c1-7-9(10(11)13-14(7)2)8-4-3-5-12-6-8/h3-6H,1-2H3,(H2,11,13). The number of nitrogen functional groups attached to an aromatic ring is 1. The van der Waals surface area contributed by atoms with E-state index in [1.807, 2.05) is 26.1 Å². The van der Waals surface area contributed by atoms with Gasteiger partial charge < -0.3 is 5.73 Å². The highest BCUT2D eigenvalue weighted by Gasteiger charge is 2.11. The van der Waals surface area contributed by atoms with Gasteiger partial charge in [0.15, 0.2) is 5.82 Å². The number of hydrogen-bond donors (Lipinski definition) is 1. The van der Waals surface area contributed by atoms with Crippen LogP contribution in [-0.4, -0.2) is 14.8 Å². The largest absolute Gasteiger partial charge is 0.382 e. The number of hydrogen-bond acceptors (Lipinski definition) is 3. The molecule has 2 aromatic heterocycles. The SMILES string of the molecule is Cc1c(-c2cccnc2)c(N)nn1C. The van der Waals surface area contributed by atoms with Gasteiger partial charge in [-0.3, -0.25) is 9.67 Å². The van der Waals surface area contributed by atoms with Crippen LogP contribution in [0, 0.1) is 6.92 Å². The van der Waals surface area contributed by atoms with Gasteiger partial charge in [0.25, 0.3) is 0 Å². The predicted molar refractivity (Wildman–Crippen MR) is 55.6 cm³/mol. The second kappa shape index (κ2) is 3.14. The number of aromatic nitrogens is 3. The summed E-state index contributed by atoms with van der Waals surface area (Å²) in [5.41, 5.74) is 8.85. The summed E-state index contributed by atoms with van der Waals surface area (Å²) in [6, 6.07) is 3.87. The molecule has 0 amide bonds. The molecule has 0 aliphatic carbocycles. The van der Waals surface area contributed by atoms with E-state index in [0.717, 1.165) is 16.8 Å². The molecule has 0 bridgehead atoms. The van der Waals surface area contributed by atoms with E-state index in [2.05, 4.69) is 10.1 Å². The molecular weight excluding hydrogens is 176 g/mol. The second-order valence-corrected chi connectivity index (χ2v) is 3.21. The first kappa shape index (κ1) is 8.74. The summed E-state index contributed by atoms with van der Waals surface area (Å²) in [6.07, 6.45) is 3.53. The smallest absolute Gasteiger partial charge is 0.153 e. The molecule has 0 aliphatic rings. The van der Waals surface area contributed by atoms with Crippen molar-refractivity contribution in [3.05, 3.63) is 30.2 Å². The average molecular weight is 188 g/mol. The van der Waals surface area contributed by atoms with Gasteiger partial charge in [0.2, 0.25) is 0 Å². The Morgan fingerprint density at radius 1 is 1.43 bits per heavy atom. The minimum Gasteiger partial charge on any atom is -0.382 e. The van der Waals surface area contributed by atoms with Crippen LogP contribution in [0.15, 0.2) is 24.5 Å². The molecule has 0 unspecified atom stereocenters. The lowest BCUT2D eigenvalue weighted by atomic mass is 10.1. The molecule has 0 saturated heterocycles. The van der Waals surface area contributed by atoms with Gasteiger partial charge in [0, 0.05) is 36.3 Å². The van der Waals surface area contributed by atoms with E-state index in [1.54, 1.807) is 17.1 Å².